The minimum Gasteiger partial charge on any atom is -0.434 e. The number of benzene rings is 2. The Morgan fingerprint density at radius 2 is 2.11 bits per heavy atom. The summed E-state index contributed by atoms with van der Waals surface area (Å²) in [7, 11) is 0. The Labute approximate surface area is 159 Å². The molecule has 0 atom stereocenters. The average molecular weight is 386 g/mol. The predicted octanol–water partition coefficient (Wildman–Crippen LogP) is 4.74. The second kappa shape index (κ2) is 7.89. The Morgan fingerprint density at radius 3 is 2.81 bits per heavy atom. The third-order valence-electron chi connectivity index (χ3n) is 3.51. The van der Waals surface area contributed by atoms with E-state index in [1.807, 2.05) is 6.07 Å². The highest BCUT2D eigenvalue weighted by molar-refractivity contribution is 6.30. The molecule has 0 radical (unpaired) electrons. The minimum absolute atomic E-state index is 0.0359. The van der Waals surface area contributed by atoms with Gasteiger partial charge in [0.15, 0.2) is 0 Å². The van der Waals surface area contributed by atoms with Crippen LogP contribution in [0.3, 0.4) is 0 Å². The predicted molar refractivity (Wildman–Crippen MR) is 96.3 cm³/mol. The van der Waals surface area contributed by atoms with Gasteiger partial charge in [0.1, 0.15) is 5.82 Å². The van der Waals surface area contributed by atoms with Crippen LogP contribution in [-0.2, 0) is 4.74 Å². The van der Waals surface area contributed by atoms with Gasteiger partial charge < -0.3 is 9.47 Å². The molecule has 0 N–H and O–H groups in total. The highest BCUT2D eigenvalue weighted by atomic mass is 35.5. The maximum absolute atomic E-state index is 13.9. The summed E-state index contributed by atoms with van der Waals surface area (Å²) < 4.78 is 25.1. The summed E-state index contributed by atoms with van der Waals surface area (Å²) >= 11 is 6.05. The molecule has 0 unspecified atom stereocenters. The lowest BCUT2D eigenvalue weighted by Gasteiger charge is -2.08. The SMILES string of the molecule is CCOC(=O)Oc1cc(-c2cc(F)cc(C#N)c2)n(-c2cccc(Cl)c2)n1. The van der Waals surface area contributed by atoms with Crippen LogP contribution in [0.25, 0.3) is 16.9 Å². The summed E-state index contributed by atoms with van der Waals surface area (Å²) in [6.07, 6.45) is -0.906. The first-order valence-electron chi connectivity index (χ1n) is 7.92. The van der Waals surface area contributed by atoms with Gasteiger partial charge in [0, 0.05) is 16.7 Å². The van der Waals surface area contributed by atoms with Gasteiger partial charge in [0.2, 0.25) is 5.88 Å². The van der Waals surface area contributed by atoms with Gasteiger partial charge in [0.05, 0.1) is 29.6 Å². The van der Waals surface area contributed by atoms with Gasteiger partial charge in [-0.25, -0.2) is 13.9 Å². The summed E-state index contributed by atoms with van der Waals surface area (Å²) in [6.45, 7) is 1.80. The van der Waals surface area contributed by atoms with Crippen LogP contribution in [0.2, 0.25) is 5.02 Å². The van der Waals surface area contributed by atoms with Crippen molar-refractivity contribution in [2.45, 2.75) is 6.92 Å². The third kappa shape index (κ3) is 4.25. The fourth-order valence-corrected chi connectivity index (χ4v) is 2.64. The lowest BCUT2D eigenvalue weighted by molar-refractivity contribution is 0.102. The van der Waals surface area contributed by atoms with E-state index in [-0.39, 0.29) is 18.1 Å². The van der Waals surface area contributed by atoms with E-state index in [9.17, 15) is 9.18 Å². The van der Waals surface area contributed by atoms with Crippen LogP contribution in [0.15, 0.2) is 48.5 Å². The molecule has 1 heterocycles. The molecule has 0 saturated carbocycles. The molecule has 8 heteroatoms. The second-order valence-electron chi connectivity index (χ2n) is 5.38. The normalized spacial score (nSPS) is 10.3. The standard InChI is InChI=1S/C19H13ClFN3O3/c1-2-26-19(25)27-18-10-17(13-6-12(11-22)7-15(21)8-13)24(23-18)16-5-3-4-14(20)9-16/h3-10H,2H2,1H3. The maximum Gasteiger partial charge on any atom is 0.515 e. The van der Waals surface area contributed by atoms with Gasteiger partial charge in [-0.15, -0.1) is 5.10 Å². The maximum atomic E-state index is 13.9. The molecule has 3 aromatic rings. The van der Waals surface area contributed by atoms with Crippen LogP contribution >= 0.6 is 11.6 Å². The van der Waals surface area contributed by atoms with Crippen molar-refractivity contribution < 1.29 is 18.7 Å². The monoisotopic (exact) mass is 385 g/mol. The van der Waals surface area contributed by atoms with Gasteiger partial charge in [-0.05, 0) is 43.3 Å². The first-order valence-corrected chi connectivity index (χ1v) is 8.29. The van der Waals surface area contributed by atoms with Crippen molar-refractivity contribution in [1.82, 2.24) is 9.78 Å². The number of hydrogen-bond donors (Lipinski definition) is 0. The minimum atomic E-state index is -0.906. The van der Waals surface area contributed by atoms with Crippen molar-refractivity contribution in [2.75, 3.05) is 6.61 Å². The molecule has 136 valence electrons. The molecular weight excluding hydrogens is 373 g/mol. The van der Waals surface area contributed by atoms with E-state index in [1.54, 1.807) is 31.2 Å². The number of hydrogen-bond acceptors (Lipinski definition) is 5. The molecule has 1 aromatic heterocycles. The molecule has 0 aliphatic carbocycles. The Morgan fingerprint density at radius 1 is 1.30 bits per heavy atom. The highest BCUT2D eigenvalue weighted by Gasteiger charge is 2.17. The molecule has 2 aromatic carbocycles. The number of nitriles is 1. The summed E-state index contributed by atoms with van der Waals surface area (Å²) in [5.41, 5.74) is 1.51. The summed E-state index contributed by atoms with van der Waals surface area (Å²) in [6, 6.07) is 14.1. The zero-order valence-electron chi connectivity index (χ0n) is 14.1. The van der Waals surface area contributed by atoms with E-state index in [0.717, 1.165) is 6.07 Å². The van der Waals surface area contributed by atoms with E-state index in [2.05, 4.69) is 5.10 Å². The Balaban J connectivity index is 2.13. The number of carbonyl (C=O) groups is 1. The molecule has 27 heavy (non-hydrogen) atoms. The van der Waals surface area contributed by atoms with Crippen molar-refractivity contribution >= 4 is 17.8 Å². The van der Waals surface area contributed by atoms with Gasteiger partial charge in [-0.1, -0.05) is 17.7 Å². The molecule has 0 saturated heterocycles. The van der Waals surface area contributed by atoms with E-state index < -0.39 is 12.0 Å². The first kappa shape index (κ1) is 18.4. The van der Waals surface area contributed by atoms with Crippen LogP contribution in [0.5, 0.6) is 5.88 Å². The summed E-state index contributed by atoms with van der Waals surface area (Å²) in [5, 5.41) is 13.8. The van der Waals surface area contributed by atoms with Crippen molar-refractivity contribution in [3.63, 3.8) is 0 Å². The van der Waals surface area contributed by atoms with Gasteiger partial charge in [-0.2, -0.15) is 5.26 Å². The largest absolute Gasteiger partial charge is 0.515 e. The Hall–Kier alpha value is -3.37. The fraction of sp³-hybridized carbons (Fsp3) is 0.105. The lowest BCUT2D eigenvalue weighted by Crippen LogP contribution is -2.10. The lowest BCUT2D eigenvalue weighted by atomic mass is 10.1. The number of halogens is 2. The van der Waals surface area contributed by atoms with Gasteiger partial charge in [0.25, 0.3) is 0 Å². The van der Waals surface area contributed by atoms with Crippen LogP contribution in [0.4, 0.5) is 9.18 Å². The van der Waals surface area contributed by atoms with Crippen molar-refractivity contribution in [3.8, 4) is 28.9 Å². The molecule has 0 bridgehead atoms. The van der Waals surface area contributed by atoms with Crippen molar-refractivity contribution in [3.05, 3.63) is 64.9 Å². The number of carbonyl (C=O) groups excluding carboxylic acids is 1. The van der Waals surface area contributed by atoms with E-state index >= 15 is 0 Å². The molecule has 0 aliphatic rings. The molecule has 3 rings (SSSR count). The molecular formula is C19H13ClFN3O3. The molecule has 0 amide bonds. The molecule has 6 nitrogen and oxygen atoms in total. The Kier molecular flexibility index (Phi) is 5.38. The van der Waals surface area contributed by atoms with Crippen LogP contribution < -0.4 is 4.74 Å². The van der Waals surface area contributed by atoms with E-state index in [4.69, 9.17) is 26.3 Å². The van der Waals surface area contributed by atoms with Crippen LogP contribution in [0, 0.1) is 17.1 Å². The van der Waals surface area contributed by atoms with Crippen LogP contribution in [0.1, 0.15) is 12.5 Å². The van der Waals surface area contributed by atoms with Crippen LogP contribution in [-0.4, -0.2) is 22.5 Å². The second-order valence-corrected chi connectivity index (χ2v) is 5.82. The molecule has 0 fully saturated rings. The first-order chi connectivity index (χ1) is 13.0. The quantitative estimate of drug-likeness (QED) is 0.606. The van der Waals surface area contributed by atoms with E-state index in [0.29, 0.717) is 22.0 Å². The van der Waals surface area contributed by atoms with Gasteiger partial charge >= 0.3 is 6.16 Å². The van der Waals surface area contributed by atoms with Crippen molar-refractivity contribution in [2.24, 2.45) is 0 Å². The molecule has 0 spiro atoms. The smallest absolute Gasteiger partial charge is 0.434 e. The number of aromatic nitrogens is 2. The number of ether oxygens (including phenoxy) is 2. The zero-order valence-corrected chi connectivity index (χ0v) is 14.9. The Bertz CT molecular complexity index is 1040. The van der Waals surface area contributed by atoms with Gasteiger partial charge in [-0.3, -0.25) is 0 Å². The summed E-state index contributed by atoms with van der Waals surface area (Å²) in [4.78, 5) is 11.6. The van der Waals surface area contributed by atoms with Crippen molar-refractivity contribution in [1.29, 1.82) is 5.26 Å². The summed E-state index contributed by atoms with van der Waals surface area (Å²) in [5.74, 6) is -0.609. The third-order valence-corrected chi connectivity index (χ3v) is 3.75. The highest BCUT2D eigenvalue weighted by Crippen LogP contribution is 2.29. The topological polar surface area (TPSA) is 77.1 Å². The van der Waals surface area contributed by atoms with E-state index in [1.165, 1.54) is 22.9 Å². The fourth-order valence-electron chi connectivity index (χ4n) is 2.45. The number of nitrogens with zero attached hydrogens (tertiary/aromatic N) is 3. The number of rotatable bonds is 4. The average Bonchev–Trinajstić information content (AvgIpc) is 3.05. The molecule has 0 aliphatic heterocycles. The zero-order chi connectivity index (χ0) is 19.4.